The summed E-state index contributed by atoms with van der Waals surface area (Å²) in [5.74, 6) is -4.35. The number of nitrogens with two attached hydrogens (primary N) is 2. The Morgan fingerprint density at radius 2 is 1.25 bits per heavy atom. The van der Waals surface area contributed by atoms with E-state index in [-0.39, 0.29) is 24.2 Å². The third kappa shape index (κ3) is 11.1. The topological polar surface area (TPSA) is 194 Å². The summed E-state index contributed by atoms with van der Waals surface area (Å²) in [4.78, 5) is 60.8. The van der Waals surface area contributed by atoms with Crippen molar-refractivity contribution in [3.63, 3.8) is 0 Å². The summed E-state index contributed by atoms with van der Waals surface area (Å²) in [6.07, 6.45) is 0.0609. The minimum absolute atomic E-state index is 0.0174. The molecule has 0 heterocycles. The molecule has 0 rings (SSSR count). The van der Waals surface area contributed by atoms with E-state index in [1.54, 1.807) is 27.7 Å². The molecule has 0 aliphatic heterocycles. The predicted octanol–water partition coefficient (Wildman–Crippen LogP) is -0.524. The molecular weight excluding hydrogens is 418 g/mol. The Morgan fingerprint density at radius 3 is 1.66 bits per heavy atom. The van der Waals surface area contributed by atoms with Crippen LogP contribution in [0.4, 0.5) is 0 Å². The zero-order valence-corrected chi connectivity index (χ0v) is 19.8. The van der Waals surface area contributed by atoms with Gasteiger partial charge < -0.3 is 32.5 Å². The van der Waals surface area contributed by atoms with E-state index in [9.17, 15) is 29.1 Å². The van der Waals surface area contributed by atoms with E-state index in [2.05, 4.69) is 16.0 Å². The number of rotatable bonds is 14. The van der Waals surface area contributed by atoms with Gasteiger partial charge in [0, 0.05) is 0 Å². The molecule has 0 spiro atoms. The van der Waals surface area contributed by atoms with Crippen molar-refractivity contribution < 1.29 is 29.1 Å². The standard InChI is InChI=1S/C21H39N5O6/c1-10(2)7-13(22)18(28)26-17(12(5)6)20(30)24-14(9-16(23)27)19(29)25-15(21(31)32)8-11(3)4/h10-15,17H,7-9,22H2,1-6H3,(H2,23,27)(H,24,30)(H,25,29)(H,26,28)(H,31,32). The molecular formula is C21H39N5O6. The van der Waals surface area contributed by atoms with Gasteiger partial charge in [-0.2, -0.15) is 0 Å². The maximum Gasteiger partial charge on any atom is 0.326 e. The minimum Gasteiger partial charge on any atom is -0.480 e. The summed E-state index contributed by atoms with van der Waals surface area (Å²) < 4.78 is 0. The molecule has 0 aromatic heterocycles. The van der Waals surface area contributed by atoms with Gasteiger partial charge in [0.1, 0.15) is 18.1 Å². The summed E-state index contributed by atoms with van der Waals surface area (Å²) in [6.45, 7) is 10.8. The Balaban J connectivity index is 5.45. The van der Waals surface area contributed by atoms with E-state index in [0.29, 0.717) is 6.42 Å². The summed E-state index contributed by atoms with van der Waals surface area (Å²) in [5, 5.41) is 16.7. The fourth-order valence-electron chi connectivity index (χ4n) is 3.05. The Labute approximate surface area is 189 Å². The first-order chi connectivity index (χ1) is 14.6. The normalized spacial score (nSPS) is 15.1. The fourth-order valence-corrected chi connectivity index (χ4v) is 3.05. The zero-order chi connectivity index (χ0) is 25.2. The molecule has 0 aliphatic rings. The molecule has 0 saturated carbocycles. The van der Waals surface area contributed by atoms with Crippen LogP contribution in [-0.4, -0.2) is 58.9 Å². The summed E-state index contributed by atoms with van der Waals surface area (Å²) in [7, 11) is 0. The summed E-state index contributed by atoms with van der Waals surface area (Å²) >= 11 is 0. The van der Waals surface area contributed by atoms with Crippen LogP contribution in [0.3, 0.4) is 0 Å². The Kier molecular flexibility index (Phi) is 12.5. The van der Waals surface area contributed by atoms with Crippen LogP contribution >= 0.6 is 0 Å². The lowest BCUT2D eigenvalue weighted by Gasteiger charge is -2.27. The van der Waals surface area contributed by atoms with Gasteiger partial charge in [-0.25, -0.2) is 4.79 Å². The highest BCUT2D eigenvalue weighted by Gasteiger charge is 2.32. The first-order valence-corrected chi connectivity index (χ1v) is 10.8. The van der Waals surface area contributed by atoms with Gasteiger partial charge in [0.15, 0.2) is 0 Å². The molecule has 32 heavy (non-hydrogen) atoms. The second-order valence-electron chi connectivity index (χ2n) is 9.23. The molecule has 8 N–H and O–H groups in total. The SMILES string of the molecule is CC(C)CC(N)C(=O)NC(C(=O)NC(CC(N)=O)C(=O)NC(CC(C)C)C(=O)O)C(C)C. The highest BCUT2D eigenvalue weighted by Crippen LogP contribution is 2.09. The molecule has 4 atom stereocenters. The molecule has 11 nitrogen and oxygen atoms in total. The maximum atomic E-state index is 12.8. The van der Waals surface area contributed by atoms with E-state index in [1.807, 2.05) is 13.8 Å². The van der Waals surface area contributed by atoms with Crippen LogP contribution < -0.4 is 27.4 Å². The van der Waals surface area contributed by atoms with Gasteiger partial charge >= 0.3 is 5.97 Å². The van der Waals surface area contributed by atoms with Crippen LogP contribution in [0, 0.1) is 17.8 Å². The van der Waals surface area contributed by atoms with Gasteiger partial charge in [0.2, 0.25) is 23.6 Å². The number of carboxylic acids is 1. The smallest absolute Gasteiger partial charge is 0.326 e. The van der Waals surface area contributed by atoms with Crippen molar-refractivity contribution in [1.82, 2.24) is 16.0 Å². The lowest BCUT2D eigenvalue weighted by molar-refractivity contribution is -0.143. The highest BCUT2D eigenvalue weighted by molar-refractivity contribution is 5.96. The van der Waals surface area contributed by atoms with Crippen LogP contribution in [0.25, 0.3) is 0 Å². The molecule has 0 aliphatic carbocycles. The lowest BCUT2D eigenvalue weighted by atomic mass is 9.99. The molecule has 184 valence electrons. The van der Waals surface area contributed by atoms with Gasteiger partial charge in [-0.05, 0) is 30.6 Å². The van der Waals surface area contributed by atoms with E-state index >= 15 is 0 Å². The number of nitrogens with one attached hydrogen (secondary N) is 3. The second-order valence-corrected chi connectivity index (χ2v) is 9.23. The Hall–Kier alpha value is -2.69. The van der Waals surface area contributed by atoms with E-state index in [4.69, 9.17) is 11.5 Å². The monoisotopic (exact) mass is 457 g/mol. The van der Waals surface area contributed by atoms with E-state index in [0.717, 1.165) is 0 Å². The quantitative estimate of drug-likeness (QED) is 0.202. The predicted molar refractivity (Wildman–Crippen MR) is 119 cm³/mol. The van der Waals surface area contributed by atoms with Gasteiger partial charge in [-0.15, -0.1) is 0 Å². The molecule has 0 saturated heterocycles. The fraction of sp³-hybridized carbons (Fsp3) is 0.762. The van der Waals surface area contributed by atoms with Crippen LogP contribution in [0.5, 0.6) is 0 Å². The van der Waals surface area contributed by atoms with Crippen molar-refractivity contribution in [2.45, 2.75) is 85.0 Å². The first kappa shape index (κ1) is 29.3. The molecule has 0 radical (unpaired) electrons. The number of carbonyl (C=O) groups excluding carboxylic acids is 4. The van der Waals surface area contributed by atoms with Gasteiger partial charge in [-0.1, -0.05) is 41.5 Å². The molecule has 0 aromatic rings. The van der Waals surface area contributed by atoms with Gasteiger partial charge in [0.05, 0.1) is 12.5 Å². The van der Waals surface area contributed by atoms with Gasteiger partial charge in [0.25, 0.3) is 0 Å². The Morgan fingerprint density at radius 1 is 0.750 bits per heavy atom. The molecule has 0 fully saturated rings. The number of hydrogen-bond acceptors (Lipinski definition) is 6. The molecule has 4 amide bonds. The van der Waals surface area contributed by atoms with Gasteiger partial charge in [-0.3, -0.25) is 19.2 Å². The van der Waals surface area contributed by atoms with Crippen molar-refractivity contribution >= 4 is 29.6 Å². The molecule has 0 aromatic carbocycles. The van der Waals surface area contributed by atoms with Crippen LogP contribution in [0.2, 0.25) is 0 Å². The maximum absolute atomic E-state index is 12.8. The van der Waals surface area contributed by atoms with Crippen LogP contribution in [0.1, 0.15) is 60.8 Å². The molecule has 4 unspecified atom stereocenters. The van der Waals surface area contributed by atoms with E-state index < -0.39 is 60.2 Å². The first-order valence-electron chi connectivity index (χ1n) is 10.8. The number of hydrogen-bond donors (Lipinski definition) is 6. The average molecular weight is 458 g/mol. The summed E-state index contributed by atoms with van der Waals surface area (Å²) in [5.41, 5.74) is 11.1. The Bertz CT molecular complexity index is 680. The number of carboxylic acid groups (broad SMARTS) is 1. The van der Waals surface area contributed by atoms with Crippen LogP contribution in [-0.2, 0) is 24.0 Å². The molecule has 11 heteroatoms. The van der Waals surface area contributed by atoms with Crippen molar-refractivity contribution in [3.8, 4) is 0 Å². The number of amides is 4. The van der Waals surface area contributed by atoms with Crippen molar-refractivity contribution in [2.24, 2.45) is 29.2 Å². The third-order valence-corrected chi connectivity index (χ3v) is 4.67. The van der Waals surface area contributed by atoms with Crippen molar-refractivity contribution in [3.05, 3.63) is 0 Å². The van der Waals surface area contributed by atoms with Crippen molar-refractivity contribution in [2.75, 3.05) is 0 Å². The third-order valence-electron chi connectivity index (χ3n) is 4.67. The second kappa shape index (κ2) is 13.7. The van der Waals surface area contributed by atoms with Crippen molar-refractivity contribution in [1.29, 1.82) is 0 Å². The highest BCUT2D eigenvalue weighted by atomic mass is 16.4. The average Bonchev–Trinajstić information content (AvgIpc) is 2.62. The van der Waals surface area contributed by atoms with E-state index in [1.165, 1.54) is 0 Å². The lowest BCUT2D eigenvalue weighted by Crippen LogP contribution is -2.59. The zero-order valence-electron chi connectivity index (χ0n) is 19.8. The molecule has 0 bridgehead atoms. The number of primary amides is 1. The minimum atomic E-state index is -1.39. The number of aliphatic carboxylic acids is 1. The number of carbonyl (C=O) groups is 5. The van der Waals surface area contributed by atoms with Crippen LogP contribution in [0.15, 0.2) is 0 Å². The summed E-state index contributed by atoms with van der Waals surface area (Å²) in [6, 6.07) is -4.41. The largest absolute Gasteiger partial charge is 0.480 e.